The molecule has 0 spiro atoms. The van der Waals surface area contributed by atoms with E-state index in [4.69, 9.17) is 9.47 Å². The number of nitrogens with zero attached hydrogens (tertiary/aromatic N) is 2. The summed E-state index contributed by atoms with van der Waals surface area (Å²) in [4.78, 5) is 28.5. The molecule has 0 atom stereocenters. The van der Waals surface area contributed by atoms with Crippen LogP contribution >= 0.6 is 15.9 Å². The molecule has 0 amide bonds. The van der Waals surface area contributed by atoms with Gasteiger partial charge in [0.2, 0.25) is 0 Å². The van der Waals surface area contributed by atoms with Crippen molar-refractivity contribution in [2.45, 2.75) is 6.61 Å². The van der Waals surface area contributed by atoms with E-state index in [1.807, 2.05) is 0 Å². The maximum absolute atomic E-state index is 12.1. The van der Waals surface area contributed by atoms with Crippen LogP contribution in [0, 0.1) is 0 Å². The standard InChI is InChI=1S/C17H13BrN2O4/c1-23-14-4-2-3-11(7-14)17(22)24-10-13-8-16(21)20-9-12(18)5-6-15(20)19-13/h2-9H,10H2,1H3. The van der Waals surface area contributed by atoms with Crippen molar-refractivity contribution in [2.75, 3.05) is 7.11 Å². The van der Waals surface area contributed by atoms with Gasteiger partial charge in [0, 0.05) is 16.7 Å². The molecule has 3 rings (SSSR count). The van der Waals surface area contributed by atoms with Crippen LogP contribution in [-0.4, -0.2) is 22.5 Å². The molecule has 0 saturated heterocycles. The van der Waals surface area contributed by atoms with Crippen LogP contribution in [-0.2, 0) is 11.3 Å². The highest BCUT2D eigenvalue weighted by atomic mass is 79.9. The first-order valence-corrected chi connectivity index (χ1v) is 7.85. The van der Waals surface area contributed by atoms with Gasteiger partial charge in [0.25, 0.3) is 5.56 Å². The molecular weight excluding hydrogens is 376 g/mol. The molecule has 0 aliphatic rings. The van der Waals surface area contributed by atoms with Crippen LogP contribution < -0.4 is 10.3 Å². The zero-order valence-corrected chi connectivity index (χ0v) is 14.3. The second-order valence-corrected chi connectivity index (χ2v) is 5.88. The lowest BCUT2D eigenvalue weighted by Crippen LogP contribution is -2.16. The Kier molecular flexibility index (Phi) is 4.61. The van der Waals surface area contributed by atoms with Crippen LogP contribution in [0.4, 0.5) is 0 Å². The van der Waals surface area contributed by atoms with E-state index in [1.54, 1.807) is 42.6 Å². The zero-order valence-electron chi connectivity index (χ0n) is 12.7. The number of hydrogen-bond acceptors (Lipinski definition) is 5. The van der Waals surface area contributed by atoms with E-state index < -0.39 is 5.97 Å². The fourth-order valence-electron chi connectivity index (χ4n) is 2.17. The topological polar surface area (TPSA) is 69.9 Å². The second kappa shape index (κ2) is 6.84. The molecule has 0 N–H and O–H groups in total. The van der Waals surface area contributed by atoms with E-state index in [2.05, 4.69) is 20.9 Å². The Morgan fingerprint density at radius 3 is 2.88 bits per heavy atom. The molecule has 0 saturated carbocycles. The Labute approximate surface area is 145 Å². The number of ether oxygens (including phenoxy) is 2. The monoisotopic (exact) mass is 388 g/mol. The molecule has 0 radical (unpaired) electrons. The van der Waals surface area contributed by atoms with Gasteiger partial charge in [-0.1, -0.05) is 6.07 Å². The average Bonchev–Trinajstić information content (AvgIpc) is 2.60. The summed E-state index contributed by atoms with van der Waals surface area (Å²) < 4.78 is 12.5. The van der Waals surface area contributed by atoms with Gasteiger partial charge in [-0.3, -0.25) is 9.20 Å². The molecule has 0 fully saturated rings. The summed E-state index contributed by atoms with van der Waals surface area (Å²) in [6.07, 6.45) is 1.64. The number of benzene rings is 1. The molecule has 0 unspecified atom stereocenters. The molecule has 2 heterocycles. The summed E-state index contributed by atoms with van der Waals surface area (Å²) >= 11 is 3.31. The van der Waals surface area contributed by atoms with Crippen molar-refractivity contribution >= 4 is 27.5 Å². The van der Waals surface area contributed by atoms with Crippen molar-refractivity contribution in [2.24, 2.45) is 0 Å². The lowest BCUT2D eigenvalue weighted by Gasteiger charge is -2.07. The van der Waals surface area contributed by atoms with Crippen LogP contribution in [0.3, 0.4) is 0 Å². The Bertz CT molecular complexity index is 968. The third kappa shape index (κ3) is 3.46. The first kappa shape index (κ1) is 16.2. The highest BCUT2D eigenvalue weighted by Crippen LogP contribution is 2.14. The number of methoxy groups -OCH3 is 1. The van der Waals surface area contributed by atoms with Gasteiger partial charge in [0.1, 0.15) is 18.0 Å². The summed E-state index contributed by atoms with van der Waals surface area (Å²) in [7, 11) is 1.52. The molecule has 0 bridgehead atoms. The van der Waals surface area contributed by atoms with Crippen LogP contribution in [0.25, 0.3) is 5.65 Å². The minimum Gasteiger partial charge on any atom is -0.497 e. The highest BCUT2D eigenvalue weighted by molar-refractivity contribution is 9.10. The number of hydrogen-bond donors (Lipinski definition) is 0. The van der Waals surface area contributed by atoms with Crippen LogP contribution in [0.1, 0.15) is 16.1 Å². The SMILES string of the molecule is COc1cccc(C(=O)OCc2cc(=O)n3cc(Br)ccc3n2)c1. The predicted molar refractivity (Wildman–Crippen MR) is 91.3 cm³/mol. The van der Waals surface area contributed by atoms with Gasteiger partial charge in [-0.15, -0.1) is 0 Å². The number of rotatable bonds is 4. The van der Waals surface area contributed by atoms with E-state index >= 15 is 0 Å². The fourth-order valence-corrected chi connectivity index (χ4v) is 2.51. The minimum absolute atomic E-state index is 0.0855. The van der Waals surface area contributed by atoms with Crippen LogP contribution in [0.2, 0.25) is 0 Å². The number of halogens is 1. The summed E-state index contributed by atoms with van der Waals surface area (Å²) in [6, 6.07) is 11.5. The van der Waals surface area contributed by atoms with Gasteiger partial charge in [0.15, 0.2) is 0 Å². The Morgan fingerprint density at radius 2 is 2.08 bits per heavy atom. The van der Waals surface area contributed by atoms with Crippen LogP contribution in [0.5, 0.6) is 5.75 Å². The Morgan fingerprint density at radius 1 is 1.25 bits per heavy atom. The van der Waals surface area contributed by atoms with Gasteiger partial charge in [0.05, 0.1) is 18.4 Å². The molecular formula is C17H13BrN2O4. The normalized spacial score (nSPS) is 10.6. The number of esters is 1. The number of fused-ring (bicyclic) bond motifs is 1. The average molecular weight is 389 g/mol. The number of aromatic nitrogens is 2. The predicted octanol–water partition coefficient (Wildman–Crippen LogP) is 2.82. The molecule has 1 aromatic carbocycles. The molecule has 7 heteroatoms. The fraction of sp³-hybridized carbons (Fsp3) is 0.118. The smallest absolute Gasteiger partial charge is 0.338 e. The lowest BCUT2D eigenvalue weighted by molar-refractivity contribution is 0.0467. The molecule has 6 nitrogen and oxygen atoms in total. The van der Waals surface area contributed by atoms with Crippen molar-refractivity contribution in [1.82, 2.24) is 9.38 Å². The van der Waals surface area contributed by atoms with E-state index in [1.165, 1.54) is 17.6 Å². The van der Waals surface area contributed by atoms with Gasteiger partial charge < -0.3 is 9.47 Å². The summed E-state index contributed by atoms with van der Waals surface area (Å²) in [5, 5.41) is 0. The highest BCUT2D eigenvalue weighted by Gasteiger charge is 2.10. The van der Waals surface area contributed by atoms with Gasteiger partial charge in [-0.05, 0) is 46.3 Å². The first-order chi connectivity index (χ1) is 11.6. The summed E-state index contributed by atoms with van der Waals surface area (Å²) in [6.45, 7) is -0.0855. The molecule has 0 aliphatic carbocycles. The van der Waals surface area contributed by atoms with E-state index in [9.17, 15) is 9.59 Å². The van der Waals surface area contributed by atoms with Crippen molar-refractivity contribution < 1.29 is 14.3 Å². The lowest BCUT2D eigenvalue weighted by atomic mass is 10.2. The number of carbonyl (C=O) groups excluding carboxylic acids is 1. The Hall–Kier alpha value is -2.67. The maximum Gasteiger partial charge on any atom is 0.338 e. The number of pyridine rings is 1. The second-order valence-electron chi connectivity index (χ2n) is 4.97. The third-order valence-corrected chi connectivity index (χ3v) is 3.80. The number of carbonyl (C=O) groups is 1. The van der Waals surface area contributed by atoms with Gasteiger partial charge >= 0.3 is 5.97 Å². The zero-order chi connectivity index (χ0) is 17.1. The quantitative estimate of drug-likeness (QED) is 0.642. The molecule has 3 aromatic rings. The molecule has 122 valence electrons. The largest absolute Gasteiger partial charge is 0.497 e. The first-order valence-electron chi connectivity index (χ1n) is 7.06. The minimum atomic E-state index is -0.508. The van der Waals surface area contributed by atoms with Crippen molar-refractivity contribution in [3.8, 4) is 5.75 Å². The van der Waals surface area contributed by atoms with Gasteiger partial charge in [-0.25, -0.2) is 9.78 Å². The van der Waals surface area contributed by atoms with Crippen molar-refractivity contribution in [3.05, 3.63) is 74.7 Å². The van der Waals surface area contributed by atoms with Gasteiger partial charge in [-0.2, -0.15) is 0 Å². The van der Waals surface area contributed by atoms with Crippen molar-refractivity contribution in [3.63, 3.8) is 0 Å². The molecule has 2 aromatic heterocycles. The van der Waals surface area contributed by atoms with E-state index in [0.717, 1.165) is 4.47 Å². The van der Waals surface area contributed by atoms with Crippen LogP contribution in [0.15, 0.2) is 57.9 Å². The summed E-state index contributed by atoms with van der Waals surface area (Å²) in [5.41, 5.74) is 1.00. The Balaban J connectivity index is 1.79. The van der Waals surface area contributed by atoms with E-state index in [0.29, 0.717) is 22.7 Å². The molecule has 24 heavy (non-hydrogen) atoms. The molecule has 0 aliphatic heterocycles. The van der Waals surface area contributed by atoms with E-state index in [-0.39, 0.29) is 12.2 Å². The maximum atomic E-state index is 12.1. The van der Waals surface area contributed by atoms with Crippen molar-refractivity contribution in [1.29, 1.82) is 0 Å². The third-order valence-electron chi connectivity index (χ3n) is 3.33. The summed E-state index contributed by atoms with van der Waals surface area (Å²) in [5.74, 6) is 0.0591.